The second kappa shape index (κ2) is 25.0. The summed E-state index contributed by atoms with van der Waals surface area (Å²) in [6.45, 7) is 4.18. The third-order valence-electron chi connectivity index (χ3n) is 12.1. The summed E-state index contributed by atoms with van der Waals surface area (Å²) in [5.74, 6) is -2.34. The largest absolute Gasteiger partial charge is 0.507 e. The molecule has 22 nitrogen and oxygen atoms in total. The van der Waals surface area contributed by atoms with Crippen LogP contribution in [0.5, 0.6) is 40.2 Å². The van der Waals surface area contributed by atoms with E-state index in [0.717, 1.165) is 11.2 Å². The van der Waals surface area contributed by atoms with Gasteiger partial charge in [0.05, 0.1) is 74.6 Å². The van der Waals surface area contributed by atoms with Crippen LogP contribution in [0.4, 0.5) is 0 Å². The van der Waals surface area contributed by atoms with Crippen LogP contribution < -0.4 is 33.6 Å². The van der Waals surface area contributed by atoms with E-state index >= 15 is 0 Å². The number of benzene rings is 5. The van der Waals surface area contributed by atoms with Crippen molar-refractivity contribution in [2.24, 2.45) is 0 Å². The quantitative estimate of drug-likeness (QED) is 0.0152. The molecule has 5 aromatic rings. The molecule has 5 aromatic carbocycles. The van der Waals surface area contributed by atoms with E-state index in [9.17, 15) is 52.3 Å². The van der Waals surface area contributed by atoms with Crippen LogP contribution in [0.25, 0.3) is 0 Å². The Labute approximate surface area is 438 Å². The molecule has 0 aliphatic carbocycles. The molecular weight excluding hydrogens is 1010 g/mol. The van der Waals surface area contributed by atoms with Crippen molar-refractivity contribution < 1.29 is 85.3 Å². The average Bonchev–Trinajstić information content (AvgIpc) is 3.96. The molecule has 6 N–H and O–H groups in total. The molecule has 3 aliphatic heterocycles. The minimum Gasteiger partial charge on any atom is -0.507 e. The Morgan fingerprint density at radius 3 is 1.38 bits per heavy atom. The molecule has 25 heteroatoms. The highest BCUT2D eigenvalue weighted by Crippen LogP contribution is 2.42. The van der Waals surface area contributed by atoms with Crippen LogP contribution in [-0.4, -0.2) is 136 Å². The molecular formula is C51H56B2N4O18S. The first kappa shape index (κ1) is 57.3. The van der Waals surface area contributed by atoms with Crippen LogP contribution >= 0.6 is 0 Å². The van der Waals surface area contributed by atoms with Crippen molar-refractivity contribution in [1.29, 1.82) is 0 Å². The number of hydrogen-bond donors (Lipinski definition) is 6. The smallest absolute Gasteiger partial charge is 0.373 e. The van der Waals surface area contributed by atoms with Crippen LogP contribution in [-0.2, 0) is 14.9 Å². The van der Waals surface area contributed by atoms with E-state index in [4.69, 9.17) is 28.2 Å². The summed E-state index contributed by atoms with van der Waals surface area (Å²) in [4.78, 5) is 77.1. The highest BCUT2D eigenvalue weighted by atomic mass is 32.2. The number of hydrogen-bond acceptors (Lipinski definition) is 20. The number of esters is 2. The minimum absolute atomic E-state index is 0.0232. The standard InChI is InChI=1S/C22H27BN2O8S.C21H25BN2O6.C8H4O4/c1-23(28)24-12-6-8-16(14-10-11-17(31-2)19(13-14)32-3)25-21(26)15-7-5-9-18(20(15)22(25)27)33-34(4,29)30;1-22(28)23-11-5-7-15(13-9-10-17(29-2)18(12-13)30-3)24-20(26)14-6-4-8-16(25)19(14)21(24)27;9-5-3-1-2-4-6(5)8(11)12-7(4)10/h5,7,9-11,13,16,24,28H,6,8,12H2,1-4H3;4,6,8-10,12,15,23,25,28H,5,7,11H2,1-3H3;1-3,9H/t16-;15-;/m11./s1. The van der Waals surface area contributed by atoms with Gasteiger partial charge in [-0.05, 0) is 124 Å². The van der Waals surface area contributed by atoms with E-state index in [1.807, 2.05) is 0 Å². The number of nitrogens with one attached hydrogen (secondary N) is 2. The molecule has 0 unspecified atom stereocenters. The first-order valence-corrected chi connectivity index (χ1v) is 25.4. The van der Waals surface area contributed by atoms with Gasteiger partial charge in [0.25, 0.3) is 23.6 Å². The third kappa shape index (κ3) is 12.9. The highest BCUT2D eigenvalue weighted by Gasteiger charge is 2.44. The molecule has 4 amide bonds. The lowest BCUT2D eigenvalue weighted by atomic mass is 9.88. The van der Waals surface area contributed by atoms with Gasteiger partial charge in [0.2, 0.25) is 0 Å². The van der Waals surface area contributed by atoms with Crippen molar-refractivity contribution in [3.05, 3.63) is 136 Å². The van der Waals surface area contributed by atoms with Crippen molar-refractivity contribution in [2.75, 3.05) is 47.8 Å². The van der Waals surface area contributed by atoms with Gasteiger partial charge >= 0.3 is 36.2 Å². The van der Waals surface area contributed by atoms with Gasteiger partial charge in [-0.3, -0.25) is 29.0 Å². The van der Waals surface area contributed by atoms with Gasteiger partial charge < -0.3 is 58.6 Å². The molecule has 8 rings (SSSR count). The summed E-state index contributed by atoms with van der Waals surface area (Å²) < 4.78 is 54.0. The molecule has 0 spiro atoms. The zero-order chi connectivity index (χ0) is 55.6. The number of aromatic hydroxyl groups is 2. The predicted molar refractivity (Wildman–Crippen MR) is 276 cm³/mol. The van der Waals surface area contributed by atoms with E-state index < -0.39 is 71.9 Å². The maximum Gasteiger partial charge on any atom is 0.373 e. The third-order valence-corrected chi connectivity index (χ3v) is 12.6. The lowest BCUT2D eigenvalue weighted by Crippen LogP contribution is -2.36. The molecule has 0 saturated carbocycles. The number of ether oxygens (including phenoxy) is 5. The number of methoxy groups -OCH3 is 4. The second-order valence-corrected chi connectivity index (χ2v) is 18.9. The molecule has 0 fully saturated rings. The number of carbonyl (C=O) groups excluding carboxylic acids is 6. The number of imide groups is 2. The van der Waals surface area contributed by atoms with E-state index in [2.05, 4.69) is 15.2 Å². The van der Waals surface area contributed by atoms with Gasteiger partial charge in [-0.15, -0.1) is 0 Å². The van der Waals surface area contributed by atoms with Gasteiger partial charge in [0, 0.05) is 0 Å². The summed E-state index contributed by atoms with van der Waals surface area (Å²) in [5, 5.41) is 44.0. The Bertz CT molecular complexity index is 3140. The van der Waals surface area contributed by atoms with Crippen LogP contribution in [0, 0.1) is 0 Å². The Morgan fingerprint density at radius 2 is 0.961 bits per heavy atom. The fourth-order valence-corrected chi connectivity index (χ4v) is 9.16. The zero-order valence-electron chi connectivity index (χ0n) is 42.5. The van der Waals surface area contributed by atoms with Gasteiger partial charge in [-0.25, -0.2) is 9.59 Å². The van der Waals surface area contributed by atoms with E-state index in [1.54, 1.807) is 56.1 Å². The average molecular weight is 1070 g/mol. The SMILES string of the molecule is COc1ccc([C@@H](CCCNB(C)O)N2C(=O)c3cccc(O)c3C2=O)cc1OC.COc1ccc([C@@H](CCCNB(C)O)N2C(=O)c3cccc(OS(C)(=O)=O)c3C2=O)cc1OC.O=C1OC(=O)c2c(O)cccc21. The molecule has 0 bridgehead atoms. The topological polar surface area (TPSA) is 303 Å². The van der Waals surface area contributed by atoms with Crippen LogP contribution in [0.3, 0.4) is 0 Å². The predicted octanol–water partition coefficient (Wildman–Crippen LogP) is 4.79. The fraction of sp³-hybridized carbons (Fsp3) is 0.294. The van der Waals surface area contributed by atoms with Crippen molar-refractivity contribution in [3.8, 4) is 40.2 Å². The Morgan fingerprint density at radius 1 is 0.539 bits per heavy atom. The van der Waals surface area contributed by atoms with Crippen molar-refractivity contribution >= 4 is 59.8 Å². The van der Waals surface area contributed by atoms with E-state index in [0.29, 0.717) is 72.9 Å². The maximum atomic E-state index is 13.5. The monoisotopic (exact) mass is 1070 g/mol. The number of carbonyl (C=O) groups is 6. The van der Waals surface area contributed by atoms with Crippen LogP contribution in [0.15, 0.2) is 91.0 Å². The normalized spacial score (nSPS) is 14.1. The molecule has 0 aromatic heterocycles. The molecule has 0 saturated heterocycles. The Hall–Kier alpha value is -7.96. The van der Waals surface area contributed by atoms with Gasteiger partial charge in [-0.2, -0.15) is 8.42 Å². The number of fused-ring (bicyclic) bond motifs is 3. The maximum absolute atomic E-state index is 13.5. The first-order valence-electron chi connectivity index (χ1n) is 23.6. The van der Waals surface area contributed by atoms with Crippen LogP contribution in [0.2, 0.25) is 13.6 Å². The first-order chi connectivity index (χ1) is 36.1. The van der Waals surface area contributed by atoms with Gasteiger partial charge in [-0.1, -0.05) is 30.3 Å². The number of cyclic esters (lactones) is 2. The number of amides is 4. The number of rotatable bonds is 20. The summed E-state index contributed by atoms with van der Waals surface area (Å²) >= 11 is 0. The lowest BCUT2D eigenvalue weighted by Gasteiger charge is -2.27. The molecule has 3 heterocycles. The summed E-state index contributed by atoms with van der Waals surface area (Å²) in [6.07, 6.45) is 2.84. The summed E-state index contributed by atoms with van der Waals surface area (Å²) in [5.41, 5.74) is 1.61. The summed E-state index contributed by atoms with van der Waals surface area (Å²) in [7, 11) is 0.771. The van der Waals surface area contributed by atoms with Crippen molar-refractivity contribution in [3.63, 3.8) is 0 Å². The molecule has 0 radical (unpaired) electrons. The Balaban J connectivity index is 0.000000203. The van der Waals surface area contributed by atoms with Crippen LogP contribution in [0.1, 0.15) is 111 Å². The van der Waals surface area contributed by atoms with Gasteiger partial charge in [0.1, 0.15) is 17.1 Å². The van der Waals surface area contributed by atoms with Crippen molar-refractivity contribution in [1.82, 2.24) is 20.3 Å². The van der Waals surface area contributed by atoms with E-state index in [1.165, 1.54) is 81.9 Å². The molecule has 3 aliphatic rings. The van der Waals surface area contributed by atoms with Crippen molar-refractivity contribution in [2.45, 2.75) is 51.4 Å². The minimum atomic E-state index is -3.92. The Kier molecular flexibility index (Phi) is 18.9. The molecule has 76 heavy (non-hydrogen) atoms. The van der Waals surface area contributed by atoms with E-state index in [-0.39, 0.29) is 50.6 Å². The zero-order valence-corrected chi connectivity index (χ0v) is 43.3. The molecule has 400 valence electrons. The fourth-order valence-electron chi connectivity index (χ4n) is 8.69. The lowest BCUT2D eigenvalue weighted by molar-refractivity contribution is 0.0439. The summed E-state index contributed by atoms with van der Waals surface area (Å²) in [6, 6.07) is 22.1. The second-order valence-electron chi connectivity index (χ2n) is 17.3. The highest BCUT2D eigenvalue weighted by molar-refractivity contribution is 7.86. The van der Waals surface area contributed by atoms with Gasteiger partial charge in [0.15, 0.2) is 28.7 Å². The number of phenolic OH excluding ortho intramolecular Hbond substituents is 2. The number of phenols is 2. The molecule has 2 atom stereocenters. The number of nitrogens with zero attached hydrogens (tertiary/aromatic N) is 2.